The number of morpholine rings is 1. The Bertz CT molecular complexity index is 1540. The third-order valence-corrected chi connectivity index (χ3v) is 7.57. The lowest BCUT2D eigenvalue weighted by molar-refractivity contribution is 0.0336. The number of pyridine rings is 1. The summed E-state index contributed by atoms with van der Waals surface area (Å²) in [7, 11) is 1.62. The zero-order valence-electron chi connectivity index (χ0n) is 25.2. The summed E-state index contributed by atoms with van der Waals surface area (Å²) in [5.41, 5.74) is 6.32. The zero-order valence-corrected chi connectivity index (χ0v) is 25.2. The lowest BCUT2D eigenvalue weighted by Crippen LogP contribution is -2.35. The third kappa shape index (κ3) is 6.66. The summed E-state index contributed by atoms with van der Waals surface area (Å²) in [4.78, 5) is 20.5. The maximum Gasteiger partial charge on any atom is 0.323 e. The van der Waals surface area contributed by atoms with Crippen LogP contribution in [-0.2, 0) is 16.7 Å². The number of amides is 2. The van der Waals surface area contributed by atoms with Crippen LogP contribution in [0, 0.1) is 0 Å². The van der Waals surface area contributed by atoms with Crippen LogP contribution in [0.15, 0.2) is 66.9 Å². The Morgan fingerprint density at radius 3 is 2.33 bits per heavy atom. The molecule has 3 aromatic carbocycles. The molecule has 1 fully saturated rings. The highest BCUT2D eigenvalue weighted by molar-refractivity contribution is 6.10. The van der Waals surface area contributed by atoms with E-state index in [1.54, 1.807) is 7.11 Å². The van der Waals surface area contributed by atoms with Crippen LogP contribution in [-0.4, -0.2) is 55.9 Å². The second-order valence-electron chi connectivity index (χ2n) is 11.6. The number of methoxy groups -OCH3 is 1. The Hall–Kier alpha value is -4.14. The smallest absolute Gasteiger partial charge is 0.323 e. The molecule has 1 saturated heterocycles. The van der Waals surface area contributed by atoms with Gasteiger partial charge in [-0.15, -0.1) is 0 Å². The van der Waals surface area contributed by atoms with Gasteiger partial charge in [0.25, 0.3) is 0 Å². The molecule has 2 heterocycles. The number of nitrogens with zero attached hydrogens (tertiary/aromatic N) is 2. The number of rotatable bonds is 8. The van der Waals surface area contributed by atoms with Gasteiger partial charge in [0.2, 0.25) is 0 Å². The molecule has 0 bridgehead atoms. The van der Waals surface area contributed by atoms with Crippen LogP contribution in [0.2, 0.25) is 0 Å². The van der Waals surface area contributed by atoms with Crippen LogP contribution in [0.3, 0.4) is 0 Å². The fourth-order valence-corrected chi connectivity index (χ4v) is 5.30. The molecule has 8 nitrogen and oxygen atoms in total. The van der Waals surface area contributed by atoms with E-state index in [2.05, 4.69) is 65.9 Å². The molecular formula is C34H41N5O3. The van der Waals surface area contributed by atoms with Gasteiger partial charge in [-0.1, -0.05) is 57.2 Å². The van der Waals surface area contributed by atoms with Crippen molar-refractivity contribution in [3.8, 4) is 16.9 Å². The fraction of sp³-hybridized carbons (Fsp3) is 0.353. The lowest BCUT2D eigenvalue weighted by atomic mass is 9.86. The predicted octanol–water partition coefficient (Wildman–Crippen LogP) is 7.12. The lowest BCUT2D eigenvalue weighted by Gasteiger charge is -2.26. The summed E-state index contributed by atoms with van der Waals surface area (Å²) < 4.78 is 11.2. The Kier molecular flexibility index (Phi) is 8.94. The molecule has 0 saturated carbocycles. The van der Waals surface area contributed by atoms with Crippen molar-refractivity contribution in [3.63, 3.8) is 0 Å². The van der Waals surface area contributed by atoms with Crippen LogP contribution >= 0.6 is 0 Å². The molecule has 8 heteroatoms. The maximum atomic E-state index is 13.4. The SMILES string of the molecule is CCNc1cc(C(C)(C)C)cc(NC(=O)Nc2ccc(-c3ccc(CN4CCOCC4)nc3)c3ccccc23)c1OC. The molecule has 2 amide bonds. The first kappa shape index (κ1) is 29.4. The van der Waals surface area contributed by atoms with Crippen molar-refractivity contribution in [3.05, 3.63) is 78.1 Å². The van der Waals surface area contributed by atoms with Crippen molar-refractivity contribution in [1.29, 1.82) is 0 Å². The number of hydrogen-bond acceptors (Lipinski definition) is 6. The first-order valence-electron chi connectivity index (χ1n) is 14.6. The second-order valence-corrected chi connectivity index (χ2v) is 11.6. The van der Waals surface area contributed by atoms with E-state index in [9.17, 15) is 4.79 Å². The molecule has 0 aliphatic carbocycles. The number of benzene rings is 3. The van der Waals surface area contributed by atoms with Crippen LogP contribution in [0.1, 0.15) is 39.0 Å². The molecule has 0 spiro atoms. The summed E-state index contributed by atoms with van der Waals surface area (Å²) in [6.07, 6.45) is 1.94. The average molecular weight is 568 g/mol. The number of carbonyl (C=O) groups is 1. The molecule has 5 rings (SSSR count). The van der Waals surface area contributed by atoms with E-state index in [0.29, 0.717) is 11.4 Å². The van der Waals surface area contributed by atoms with Gasteiger partial charge in [-0.25, -0.2) is 4.79 Å². The standard InChI is InChI=1S/C34H41N5O3/c1-6-35-30-19-24(34(2,3)4)20-31(32(30)41-5)38-33(40)37-29-14-13-26(27-9-7-8-10-28(27)29)23-11-12-25(36-21-23)22-39-15-17-42-18-16-39/h7-14,19-21,35H,6,15-18,22H2,1-5H3,(H2,37,38,40). The van der Waals surface area contributed by atoms with Gasteiger partial charge in [0, 0.05) is 43.3 Å². The van der Waals surface area contributed by atoms with Gasteiger partial charge in [-0.3, -0.25) is 9.88 Å². The van der Waals surface area contributed by atoms with Crippen molar-refractivity contribution in [1.82, 2.24) is 9.88 Å². The average Bonchev–Trinajstić information content (AvgIpc) is 2.98. The Balaban J connectivity index is 1.39. The maximum absolute atomic E-state index is 13.4. The van der Waals surface area contributed by atoms with Crippen molar-refractivity contribution in [2.24, 2.45) is 0 Å². The van der Waals surface area contributed by atoms with Gasteiger partial charge in [0.05, 0.1) is 43.1 Å². The van der Waals surface area contributed by atoms with Crippen molar-refractivity contribution in [2.45, 2.75) is 39.7 Å². The number of hydrogen-bond donors (Lipinski definition) is 3. The van der Waals surface area contributed by atoms with E-state index >= 15 is 0 Å². The molecule has 0 radical (unpaired) electrons. The van der Waals surface area contributed by atoms with Gasteiger partial charge in [0.1, 0.15) is 0 Å². The quantitative estimate of drug-likeness (QED) is 0.210. The summed E-state index contributed by atoms with van der Waals surface area (Å²) in [6, 6.07) is 20.0. The molecule has 220 valence electrons. The normalized spacial score (nSPS) is 14.0. The summed E-state index contributed by atoms with van der Waals surface area (Å²) in [5, 5.41) is 11.5. The highest BCUT2D eigenvalue weighted by atomic mass is 16.5. The van der Waals surface area contributed by atoms with E-state index < -0.39 is 0 Å². The number of nitrogens with one attached hydrogen (secondary N) is 3. The molecular weight excluding hydrogens is 526 g/mol. The van der Waals surface area contributed by atoms with E-state index in [1.807, 2.05) is 49.5 Å². The molecule has 0 unspecified atom stereocenters. The Morgan fingerprint density at radius 2 is 1.67 bits per heavy atom. The second kappa shape index (κ2) is 12.8. The highest BCUT2D eigenvalue weighted by Gasteiger charge is 2.21. The minimum Gasteiger partial charge on any atom is -0.492 e. The van der Waals surface area contributed by atoms with Gasteiger partial charge >= 0.3 is 6.03 Å². The van der Waals surface area contributed by atoms with Gasteiger partial charge in [0.15, 0.2) is 5.75 Å². The van der Waals surface area contributed by atoms with Crippen LogP contribution in [0.5, 0.6) is 5.75 Å². The van der Waals surface area contributed by atoms with Crippen molar-refractivity contribution < 1.29 is 14.3 Å². The van der Waals surface area contributed by atoms with E-state index in [4.69, 9.17) is 14.5 Å². The van der Waals surface area contributed by atoms with E-state index in [1.165, 1.54) is 0 Å². The van der Waals surface area contributed by atoms with E-state index in [-0.39, 0.29) is 11.4 Å². The topological polar surface area (TPSA) is 87.8 Å². The fourth-order valence-electron chi connectivity index (χ4n) is 5.30. The monoisotopic (exact) mass is 567 g/mol. The van der Waals surface area contributed by atoms with Crippen LogP contribution in [0.4, 0.5) is 21.9 Å². The minimum absolute atomic E-state index is 0.106. The molecule has 4 aromatic rings. The number of fused-ring (bicyclic) bond motifs is 1. The molecule has 1 aliphatic heterocycles. The number of carbonyl (C=O) groups excluding carboxylic acids is 1. The summed E-state index contributed by atoms with van der Waals surface area (Å²) >= 11 is 0. The molecule has 0 atom stereocenters. The Labute approximate surface area is 248 Å². The predicted molar refractivity (Wildman–Crippen MR) is 172 cm³/mol. The van der Waals surface area contributed by atoms with Gasteiger partial charge in [-0.2, -0.15) is 0 Å². The number of urea groups is 1. The minimum atomic E-state index is -0.339. The first-order valence-corrected chi connectivity index (χ1v) is 14.6. The first-order chi connectivity index (χ1) is 20.3. The number of anilines is 3. The summed E-state index contributed by atoms with van der Waals surface area (Å²) in [5.74, 6) is 0.602. The zero-order chi connectivity index (χ0) is 29.7. The van der Waals surface area contributed by atoms with Crippen LogP contribution in [0.25, 0.3) is 21.9 Å². The molecule has 3 N–H and O–H groups in total. The van der Waals surface area contributed by atoms with Crippen molar-refractivity contribution in [2.75, 3.05) is 55.9 Å². The van der Waals surface area contributed by atoms with Gasteiger partial charge < -0.3 is 25.4 Å². The van der Waals surface area contributed by atoms with Crippen LogP contribution < -0.4 is 20.7 Å². The van der Waals surface area contributed by atoms with E-state index in [0.717, 1.165) is 83.9 Å². The number of ether oxygens (including phenoxy) is 2. The largest absolute Gasteiger partial charge is 0.492 e. The Morgan fingerprint density at radius 1 is 0.952 bits per heavy atom. The third-order valence-electron chi connectivity index (χ3n) is 7.57. The molecule has 1 aromatic heterocycles. The highest BCUT2D eigenvalue weighted by Crippen LogP contribution is 2.39. The van der Waals surface area contributed by atoms with Crippen molar-refractivity contribution >= 4 is 33.9 Å². The van der Waals surface area contributed by atoms with Gasteiger partial charge in [-0.05, 0) is 53.1 Å². The molecule has 1 aliphatic rings. The molecule has 42 heavy (non-hydrogen) atoms. The number of aromatic nitrogens is 1. The summed E-state index contributed by atoms with van der Waals surface area (Å²) in [6.45, 7) is 13.5.